The fraction of sp³-hybridized carbons (Fsp3) is 0.647. The maximum absolute atomic E-state index is 6.20. The van der Waals surface area contributed by atoms with Gasteiger partial charge in [0, 0.05) is 29.9 Å². The second-order valence-electron chi connectivity index (χ2n) is 6.29. The van der Waals surface area contributed by atoms with Crippen LogP contribution in [0.1, 0.15) is 51.6 Å². The van der Waals surface area contributed by atoms with Gasteiger partial charge in [-0.2, -0.15) is 0 Å². The summed E-state index contributed by atoms with van der Waals surface area (Å²) in [6, 6.07) is 6.96. The number of ether oxygens (including phenoxy) is 1. The maximum Gasteiger partial charge on any atom is 0.125 e. The number of hydrogen-bond donors (Lipinski definition) is 1. The Morgan fingerprint density at radius 3 is 2.50 bits per heavy atom. The molecule has 1 aliphatic rings. The van der Waals surface area contributed by atoms with Crippen molar-refractivity contribution < 1.29 is 4.74 Å². The van der Waals surface area contributed by atoms with Crippen molar-refractivity contribution in [2.45, 2.75) is 52.1 Å². The van der Waals surface area contributed by atoms with Gasteiger partial charge in [-0.1, -0.05) is 19.9 Å². The van der Waals surface area contributed by atoms with Gasteiger partial charge in [0.2, 0.25) is 0 Å². The summed E-state index contributed by atoms with van der Waals surface area (Å²) in [4.78, 5) is 2.54. The van der Waals surface area contributed by atoms with Crippen molar-refractivity contribution in [1.29, 1.82) is 0 Å². The lowest BCUT2D eigenvalue weighted by molar-refractivity contribution is 0.406. The summed E-state index contributed by atoms with van der Waals surface area (Å²) in [5, 5.41) is 0. The number of nitrogens with zero attached hydrogens (tertiary/aromatic N) is 1. The first kappa shape index (κ1) is 15.2. The number of hydrogen-bond acceptors (Lipinski definition) is 3. The van der Waals surface area contributed by atoms with E-state index < -0.39 is 0 Å². The minimum atomic E-state index is -0.0125. The van der Waals surface area contributed by atoms with Crippen LogP contribution >= 0.6 is 0 Å². The molecular weight excluding hydrogens is 248 g/mol. The largest absolute Gasteiger partial charge is 0.496 e. The van der Waals surface area contributed by atoms with E-state index in [9.17, 15) is 0 Å². The Balaban J connectivity index is 2.32. The zero-order valence-electron chi connectivity index (χ0n) is 13.2. The van der Waals surface area contributed by atoms with Crippen LogP contribution in [0.25, 0.3) is 0 Å². The molecule has 20 heavy (non-hydrogen) atoms. The molecule has 1 aromatic carbocycles. The molecule has 0 bridgehead atoms. The van der Waals surface area contributed by atoms with Crippen LogP contribution in [0.2, 0.25) is 0 Å². The molecule has 0 aliphatic heterocycles. The molecule has 0 saturated heterocycles. The highest BCUT2D eigenvalue weighted by Gasteiger charge is 2.31. The predicted molar refractivity (Wildman–Crippen MR) is 85.4 cm³/mol. The molecule has 3 heteroatoms. The number of anilines is 1. The Labute approximate surface area is 123 Å². The molecule has 0 amide bonds. The van der Waals surface area contributed by atoms with Crippen molar-refractivity contribution in [3.8, 4) is 5.75 Å². The highest BCUT2D eigenvalue weighted by molar-refractivity contribution is 5.62. The van der Waals surface area contributed by atoms with E-state index >= 15 is 0 Å². The SMILES string of the molecule is COc1cccc(N(CCC(C)C)C2CC2)c1C(C)N. The molecule has 2 N–H and O–H groups in total. The Kier molecular flexibility index (Phi) is 4.92. The first-order valence-electron chi connectivity index (χ1n) is 7.73. The van der Waals surface area contributed by atoms with Gasteiger partial charge in [0.15, 0.2) is 0 Å². The van der Waals surface area contributed by atoms with Crippen molar-refractivity contribution >= 4 is 5.69 Å². The van der Waals surface area contributed by atoms with Crippen LogP contribution in [0.4, 0.5) is 5.69 Å². The Morgan fingerprint density at radius 1 is 1.30 bits per heavy atom. The third-order valence-corrected chi connectivity index (χ3v) is 3.96. The zero-order chi connectivity index (χ0) is 14.7. The van der Waals surface area contributed by atoms with Crippen LogP contribution in [-0.4, -0.2) is 19.7 Å². The maximum atomic E-state index is 6.20. The van der Waals surface area contributed by atoms with Crippen LogP contribution in [-0.2, 0) is 0 Å². The minimum absolute atomic E-state index is 0.0125. The number of benzene rings is 1. The number of nitrogens with two attached hydrogens (primary N) is 1. The van der Waals surface area contributed by atoms with Gasteiger partial charge < -0.3 is 15.4 Å². The molecule has 0 spiro atoms. The molecule has 1 unspecified atom stereocenters. The van der Waals surface area contributed by atoms with E-state index in [1.54, 1.807) is 7.11 Å². The molecule has 1 atom stereocenters. The summed E-state index contributed by atoms with van der Waals surface area (Å²) >= 11 is 0. The van der Waals surface area contributed by atoms with Crippen LogP contribution in [0, 0.1) is 5.92 Å². The van der Waals surface area contributed by atoms with Gasteiger partial charge >= 0.3 is 0 Å². The summed E-state index contributed by atoms with van der Waals surface area (Å²) in [6.07, 6.45) is 3.81. The van der Waals surface area contributed by atoms with Gasteiger partial charge in [-0.3, -0.25) is 0 Å². The fourth-order valence-corrected chi connectivity index (χ4v) is 2.70. The van der Waals surface area contributed by atoms with E-state index in [4.69, 9.17) is 10.5 Å². The van der Waals surface area contributed by atoms with Crippen molar-refractivity contribution in [3.63, 3.8) is 0 Å². The molecule has 2 rings (SSSR count). The van der Waals surface area contributed by atoms with Crippen LogP contribution in [0.5, 0.6) is 5.75 Å². The normalized spacial score (nSPS) is 16.3. The highest BCUT2D eigenvalue weighted by atomic mass is 16.5. The monoisotopic (exact) mass is 276 g/mol. The molecule has 0 radical (unpaired) electrons. The topological polar surface area (TPSA) is 38.5 Å². The van der Waals surface area contributed by atoms with Crippen molar-refractivity contribution in [2.24, 2.45) is 11.7 Å². The lowest BCUT2D eigenvalue weighted by atomic mass is 10.0. The lowest BCUT2D eigenvalue weighted by Crippen LogP contribution is -2.29. The van der Waals surface area contributed by atoms with E-state index in [0.29, 0.717) is 6.04 Å². The molecule has 3 nitrogen and oxygen atoms in total. The van der Waals surface area contributed by atoms with Crippen molar-refractivity contribution in [2.75, 3.05) is 18.6 Å². The first-order valence-corrected chi connectivity index (χ1v) is 7.73. The molecule has 1 fully saturated rings. The Bertz CT molecular complexity index is 439. The summed E-state index contributed by atoms with van der Waals surface area (Å²) in [6.45, 7) is 7.70. The number of rotatable bonds is 7. The Morgan fingerprint density at radius 2 is 2.00 bits per heavy atom. The van der Waals surface area contributed by atoms with Crippen molar-refractivity contribution in [3.05, 3.63) is 23.8 Å². The van der Waals surface area contributed by atoms with E-state index in [-0.39, 0.29) is 6.04 Å². The fourth-order valence-electron chi connectivity index (χ4n) is 2.70. The molecule has 1 aliphatic carbocycles. The van der Waals surface area contributed by atoms with Crippen molar-refractivity contribution in [1.82, 2.24) is 0 Å². The molecule has 1 aromatic rings. The van der Waals surface area contributed by atoms with Crippen LogP contribution in [0.3, 0.4) is 0 Å². The summed E-state index contributed by atoms with van der Waals surface area (Å²) in [5.74, 6) is 1.63. The smallest absolute Gasteiger partial charge is 0.125 e. The molecule has 0 aromatic heterocycles. The van der Waals surface area contributed by atoms with E-state index in [1.165, 1.54) is 24.9 Å². The van der Waals surface area contributed by atoms with Crippen LogP contribution < -0.4 is 15.4 Å². The third kappa shape index (κ3) is 3.45. The molecular formula is C17H28N2O. The van der Waals surface area contributed by atoms with E-state index in [1.807, 2.05) is 13.0 Å². The van der Waals surface area contributed by atoms with Gasteiger partial charge in [0.25, 0.3) is 0 Å². The van der Waals surface area contributed by atoms with E-state index in [2.05, 4.69) is 30.9 Å². The second-order valence-corrected chi connectivity index (χ2v) is 6.29. The predicted octanol–water partition coefficient (Wildman–Crippen LogP) is 3.73. The average Bonchev–Trinajstić information content (AvgIpc) is 3.22. The average molecular weight is 276 g/mol. The summed E-state index contributed by atoms with van der Waals surface area (Å²) in [5.41, 5.74) is 8.61. The lowest BCUT2D eigenvalue weighted by Gasteiger charge is -2.30. The number of methoxy groups -OCH3 is 1. The van der Waals surface area contributed by atoms with Gasteiger partial charge in [-0.25, -0.2) is 0 Å². The van der Waals surface area contributed by atoms with Crippen LogP contribution in [0.15, 0.2) is 18.2 Å². The first-order chi connectivity index (χ1) is 9.54. The Hall–Kier alpha value is -1.22. The van der Waals surface area contributed by atoms with E-state index in [0.717, 1.165) is 23.8 Å². The molecule has 1 saturated carbocycles. The molecule has 112 valence electrons. The van der Waals surface area contributed by atoms with Gasteiger partial charge in [-0.05, 0) is 44.2 Å². The molecule has 0 heterocycles. The minimum Gasteiger partial charge on any atom is -0.496 e. The quantitative estimate of drug-likeness (QED) is 0.824. The highest BCUT2D eigenvalue weighted by Crippen LogP contribution is 2.39. The van der Waals surface area contributed by atoms with Gasteiger partial charge in [0.1, 0.15) is 5.75 Å². The standard InChI is InChI=1S/C17H28N2O/c1-12(2)10-11-19(14-8-9-14)15-6-5-7-16(20-4)17(15)13(3)18/h5-7,12-14H,8-11,18H2,1-4H3. The zero-order valence-corrected chi connectivity index (χ0v) is 13.2. The summed E-state index contributed by atoms with van der Waals surface area (Å²) in [7, 11) is 1.72. The van der Waals surface area contributed by atoms with Gasteiger partial charge in [-0.15, -0.1) is 0 Å². The third-order valence-electron chi connectivity index (χ3n) is 3.96. The second kappa shape index (κ2) is 6.49. The van der Waals surface area contributed by atoms with Gasteiger partial charge in [0.05, 0.1) is 7.11 Å². The summed E-state index contributed by atoms with van der Waals surface area (Å²) < 4.78 is 5.52.